The number of halogens is 4. The SMILES string of the molecule is C.CCCCCCN(CCCCCC)C(=O)c1ccc(S(=O)(=O)F)cc1.CCCCCCN(CCCCCC)C(=O)c1ccc(S(=O)(=O)F)cc1.CCCCCCN(CCCCCC)C(=O)c1ccc(S(=O)(=O)OCCOCc2ccc(-c3ccccc3)cc2)cc1.O=C(Cl)c1ccc(S(=O)(=O)F)cc1.OCCOCc1ccc(-c2ccccc2)cc1.[2H][B].[U]. The Morgan fingerprint density at radius 3 is 0.823 bits per heavy atom. The van der Waals surface area contributed by atoms with Gasteiger partial charge in [-0.3, -0.25) is 23.4 Å². The molecule has 8 rings (SSSR count). The number of carbonyl (C=O) groups excluding carboxylic acids is 4. The van der Waals surface area contributed by atoms with Gasteiger partial charge in [0.15, 0.2) is 0 Å². The molecule has 0 spiro atoms. The van der Waals surface area contributed by atoms with E-state index in [1.165, 1.54) is 47.5 Å². The first-order chi connectivity index (χ1) is 59.0. The van der Waals surface area contributed by atoms with E-state index < -0.39 is 60.7 Å². The van der Waals surface area contributed by atoms with Gasteiger partial charge in [-0.1, -0.05) is 274 Å². The molecule has 124 heavy (non-hydrogen) atoms. The van der Waals surface area contributed by atoms with Crippen LogP contribution in [0.1, 0.15) is 256 Å². The van der Waals surface area contributed by atoms with Gasteiger partial charge in [0, 0.05) is 101 Å². The van der Waals surface area contributed by atoms with Crippen LogP contribution < -0.4 is 0 Å². The first-order valence-corrected chi connectivity index (χ1v) is 48.2. The fourth-order valence-electron chi connectivity index (χ4n) is 12.5. The molecule has 2 radical (unpaired) electrons. The van der Waals surface area contributed by atoms with E-state index in [1.54, 1.807) is 12.1 Å². The van der Waals surface area contributed by atoms with Crippen LogP contribution in [0.3, 0.4) is 0 Å². The average molecular weight is 2040 g/mol. The number of nitrogens with zero attached hydrogens (tertiary/aromatic N) is 3. The van der Waals surface area contributed by atoms with E-state index in [2.05, 4.69) is 98.4 Å². The first-order valence-electron chi connectivity index (χ1n) is 42.9. The van der Waals surface area contributed by atoms with E-state index in [1.807, 2.05) is 75.4 Å². The Kier molecular flexibility index (Phi) is 59.3. The van der Waals surface area contributed by atoms with Crippen LogP contribution in [0.15, 0.2) is 226 Å². The van der Waals surface area contributed by atoms with Crippen LogP contribution in [0, 0.1) is 31.1 Å². The molecule has 0 aromatic heterocycles. The van der Waals surface area contributed by atoms with E-state index in [9.17, 15) is 64.5 Å². The summed E-state index contributed by atoms with van der Waals surface area (Å²) in [5.41, 5.74) is 8.24. The molecular formula is C95H130BClF3N3O16S4U. The second-order valence-electron chi connectivity index (χ2n) is 29.2. The molecule has 19 nitrogen and oxygen atoms in total. The number of rotatable bonds is 50. The maximum atomic E-state index is 13.2. The molecule has 0 fully saturated rings. The minimum Gasteiger partial charge on any atom is -0.394 e. The molecule has 0 aliphatic rings. The van der Waals surface area contributed by atoms with Gasteiger partial charge in [0.05, 0.1) is 59.2 Å². The molecule has 1 N–H and O–H groups in total. The smallest absolute Gasteiger partial charge is 0.332 e. The number of aliphatic hydroxyl groups is 1. The van der Waals surface area contributed by atoms with E-state index >= 15 is 0 Å². The summed E-state index contributed by atoms with van der Waals surface area (Å²) in [5, 5.41) is 7.89. The monoisotopic (exact) mass is 2040 g/mol. The topological polar surface area (TPSA) is 262 Å². The van der Waals surface area contributed by atoms with Crippen LogP contribution in [0.5, 0.6) is 0 Å². The Morgan fingerprint density at radius 2 is 0.581 bits per heavy atom. The van der Waals surface area contributed by atoms with Crippen LogP contribution >= 0.6 is 11.6 Å². The number of amides is 3. The predicted octanol–water partition coefficient (Wildman–Crippen LogP) is 22.3. The van der Waals surface area contributed by atoms with Gasteiger partial charge in [0.1, 0.15) is 0 Å². The summed E-state index contributed by atoms with van der Waals surface area (Å²) in [4.78, 5) is 53.5. The van der Waals surface area contributed by atoms with Gasteiger partial charge in [-0.15, -0.1) is 11.7 Å². The quantitative estimate of drug-likeness (QED) is 0.0161. The Labute approximate surface area is 771 Å². The summed E-state index contributed by atoms with van der Waals surface area (Å²) in [5.74, 6) is -0.278. The summed E-state index contributed by atoms with van der Waals surface area (Å²) in [6, 6.07) is 57.2. The van der Waals surface area contributed by atoms with Crippen LogP contribution in [-0.2, 0) is 67.7 Å². The number of benzene rings is 8. The second kappa shape index (κ2) is 65.3. The van der Waals surface area contributed by atoms with Crippen LogP contribution in [-0.4, -0.2) is 152 Å². The number of aliphatic hydroxyl groups excluding tert-OH is 1. The molecule has 3 amide bonds. The Balaban J connectivity index is 0.000000814. The Hall–Kier alpha value is -7.32. The number of hydrogen-bond donors (Lipinski definition) is 1. The summed E-state index contributed by atoms with van der Waals surface area (Å²) in [6.45, 7) is 18.6. The fraction of sp³-hybridized carbons (Fsp3) is 0.453. The van der Waals surface area contributed by atoms with Gasteiger partial charge < -0.3 is 29.3 Å². The third kappa shape index (κ3) is 46.4. The van der Waals surface area contributed by atoms with E-state index in [0.717, 1.165) is 238 Å². The molecule has 8 aromatic carbocycles. The molecule has 0 unspecified atom stereocenters. The Morgan fingerprint density at radius 1 is 0.339 bits per heavy atom. The number of carbonyl (C=O) groups is 4. The van der Waals surface area contributed by atoms with Gasteiger partial charge in [-0.25, -0.2) is 0 Å². The van der Waals surface area contributed by atoms with Crippen molar-refractivity contribution in [3.63, 3.8) is 0 Å². The van der Waals surface area contributed by atoms with Gasteiger partial charge in [0.25, 0.3) is 33.1 Å². The van der Waals surface area contributed by atoms with Gasteiger partial charge in [-0.05, 0) is 182 Å². The average Bonchev–Trinajstić information content (AvgIpc) is 0.728. The molecule has 0 heterocycles. The van der Waals surface area contributed by atoms with Gasteiger partial charge >= 0.3 is 30.7 Å². The third-order valence-electron chi connectivity index (χ3n) is 19.4. The molecular weight excluding hydrogens is 1910 g/mol. The molecule has 8 aromatic rings. The molecule has 0 aliphatic heterocycles. The molecule has 680 valence electrons. The van der Waals surface area contributed by atoms with Crippen molar-refractivity contribution in [1.82, 2.24) is 14.7 Å². The number of unbranched alkanes of at least 4 members (excludes halogenated alkanes) is 18. The zero-order valence-corrected chi connectivity index (χ0v) is 80.4. The zero-order valence-electron chi connectivity index (χ0n) is 73.2. The van der Waals surface area contributed by atoms with Gasteiger partial charge in [0.2, 0.25) is 0 Å². The molecule has 0 atom stereocenters. The molecule has 0 aliphatic carbocycles. The van der Waals surface area contributed by atoms with Crippen molar-refractivity contribution in [3.8, 4) is 22.3 Å². The fourth-order valence-corrected chi connectivity index (χ4v) is 14.9. The van der Waals surface area contributed by atoms with Crippen molar-refractivity contribution in [3.05, 3.63) is 240 Å². The second-order valence-corrected chi connectivity index (χ2v) is 35.2. The van der Waals surface area contributed by atoms with Crippen molar-refractivity contribution in [2.45, 2.75) is 236 Å². The maximum Gasteiger partial charge on any atom is 0.332 e. The molecule has 0 bridgehead atoms. The minimum atomic E-state index is -4.73. The summed E-state index contributed by atoms with van der Waals surface area (Å²) in [6.07, 6.45) is 26.2. The van der Waals surface area contributed by atoms with Crippen molar-refractivity contribution < 1.29 is 114 Å². The molecule has 0 saturated heterocycles. The molecule has 0 saturated carbocycles. The first kappa shape index (κ1) is 113. The van der Waals surface area contributed by atoms with E-state index in [4.69, 9.17) is 31.7 Å². The van der Waals surface area contributed by atoms with Crippen LogP contribution in [0.25, 0.3) is 22.3 Å². The van der Waals surface area contributed by atoms with Crippen LogP contribution in [0.4, 0.5) is 11.7 Å². The van der Waals surface area contributed by atoms with E-state index in [0.29, 0.717) is 62.7 Å². The number of ether oxygens (including phenoxy) is 2. The largest absolute Gasteiger partial charge is 0.394 e. The number of hydrogen-bond acceptors (Lipinski definition) is 16. The van der Waals surface area contributed by atoms with Crippen molar-refractivity contribution in [2.24, 2.45) is 0 Å². The summed E-state index contributed by atoms with van der Waals surface area (Å²) < 4.78 is 149. The maximum absolute atomic E-state index is 13.2. The summed E-state index contributed by atoms with van der Waals surface area (Å²) >= 11 is 5.09. The minimum absolute atomic E-state index is 0. The van der Waals surface area contributed by atoms with Crippen LogP contribution in [0.2, 0.25) is 0 Å². The zero-order chi connectivity index (χ0) is 90.7. The standard InChI is InChI=1S/C34H45NO5S.2C19H30FNO3S.C15H16O2.C7H4ClFO3S.CH4.BH.U/c1-3-5-7-12-24-35(25-13-8-6-4-2)34(36)32-20-22-33(23-21-32)41(37,38)40-27-26-39-28-29-16-18-31(19-17-29)30-14-10-9-11-15-30;2*1-3-5-7-9-15-21(16-10-8-6-4-2)19(22)17-11-13-18(14-12-17)25(20,23)24;16-10-11-17-12-13-6-8-15(9-7-13)14-4-2-1-3-5-14;8-7(10)5-1-3-6(4-2-5)13(9,11)12;;;/h9-11,14-23H,3-8,12-13,24-28H2,1-2H3;2*11-14H,3-10,15-16H2,1-2H3;1-9,16H,10-12H2;1-4H;1H4;1H;/i;;;;;;1D;. The predicted molar refractivity (Wildman–Crippen MR) is 491 cm³/mol. The molecule has 29 heteroatoms. The van der Waals surface area contributed by atoms with Crippen molar-refractivity contribution in [1.29, 1.82) is 1.34 Å². The van der Waals surface area contributed by atoms with Crippen molar-refractivity contribution in [2.75, 3.05) is 65.7 Å². The van der Waals surface area contributed by atoms with E-state index in [-0.39, 0.29) is 86.5 Å². The Bertz CT molecular complexity index is 4580. The third-order valence-corrected chi connectivity index (χ3v) is 23.5. The normalized spacial score (nSPS) is 11.1. The van der Waals surface area contributed by atoms with Crippen molar-refractivity contribution >= 4 is 83.7 Å². The van der Waals surface area contributed by atoms with Gasteiger partial charge in [-0.2, -0.15) is 33.7 Å². The summed E-state index contributed by atoms with van der Waals surface area (Å²) in [7, 11) is -14.4.